The van der Waals surface area contributed by atoms with E-state index in [2.05, 4.69) is 40.3 Å². The Morgan fingerprint density at radius 1 is 0.938 bits per heavy atom. The second-order valence-electron chi connectivity index (χ2n) is 2.81. The summed E-state index contributed by atoms with van der Waals surface area (Å²) >= 11 is 8.80. The largest absolute Gasteiger partial charge is 0.313 e. The van der Waals surface area contributed by atoms with E-state index in [1.165, 1.54) is 0 Å². The Hall–Kier alpha value is -1.38. The van der Waals surface area contributed by atoms with E-state index in [-0.39, 0.29) is 0 Å². The minimum absolute atomic E-state index is 0.889. The summed E-state index contributed by atoms with van der Waals surface area (Å²) in [5.74, 6) is 0. The van der Waals surface area contributed by atoms with E-state index in [0.717, 1.165) is 11.3 Å². The van der Waals surface area contributed by atoms with E-state index < -0.39 is 4.70 Å². The number of benzene rings is 1. The molecule has 0 spiro atoms. The number of pyridine rings is 1. The van der Waals surface area contributed by atoms with Crippen LogP contribution in [0.2, 0.25) is 0 Å². The topological polar surface area (TPSA) is 30.0 Å². The molecule has 2 nitrogen and oxygen atoms in total. The molecule has 0 saturated heterocycles. The van der Waals surface area contributed by atoms with Crippen LogP contribution in [0.4, 0.5) is 4.79 Å². The Morgan fingerprint density at radius 2 is 1.50 bits per heavy atom. The molecule has 0 radical (unpaired) electrons. The number of hydrogen-bond acceptors (Lipinski definition) is 2. The van der Waals surface area contributed by atoms with Gasteiger partial charge in [0.15, 0.2) is 0 Å². The van der Waals surface area contributed by atoms with Gasteiger partial charge < -0.3 is 0 Å². The predicted molar refractivity (Wildman–Crippen MR) is 66.8 cm³/mol. The van der Waals surface area contributed by atoms with Gasteiger partial charge in [-0.15, -0.1) is 0 Å². The van der Waals surface area contributed by atoms with Crippen molar-refractivity contribution in [2.24, 2.45) is 0 Å². The van der Waals surface area contributed by atoms with Crippen LogP contribution in [0.1, 0.15) is 0 Å². The average Bonchev–Trinajstić information content (AvgIpc) is 2.31. The molecule has 0 fully saturated rings. The first-order chi connectivity index (χ1) is 7.70. The van der Waals surface area contributed by atoms with Crippen molar-refractivity contribution < 1.29 is 4.79 Å². The molecular formula is C12H9Cl2NO. The lowest BCUT2D eigenvalue weighted by Gasteiger charge is -1.97. The first-order valence-electron chi connectivity index (χ1n) is 4.51. The van der Waals surface area contributed by atoms with Crippen LogP contribution in [-0.4, -0.2) is 9.69 Å². The first kappa shape index (κ1) is 12.7. The number of hydrogen-bond donors (Lipinski definition) is 0. The highest BCUT2D eigenvalue weighted by atomic mass is 35.5. The van der Waals surface area contributed by atoms with E-state index in [4.69, 9.17) is 4.79 Å². The van der Waals surface area contributed by atoms with Gasteiger partial charge in [0.05, 0.1) is 5.69 Å². The lowest BCUT2D eigenvalue weighted by atomic mass is 10.1. The number of carbonyl (C=O) groups excluding carboxylic acids is 1. The Kier molecular flexibility index (Phi) is 5.54. The van der Waals surface area contributed by atoms with E-state index in [0.29, 0.717) is 0 Å². The van der Waals surface area contributed by atoms with Crippen molar-refractivity contribution in [3.05, 3.63) is 54.7 Å². The Morgan fingerprint density at radius 3 is 2.00 bits per heavy atom. The standard InChI is InChI=1S/C11H9N.CCl2O/c1-2-6-10(7-3-1)11-8-4-5-9-12-11;2-1(3)4/h1-9H;. The lowest BCUT2D eigenvalue weighted by Crippen LogP contribution is -1.79. The van der Waals surface area contributed by atoms with Gasteiger partial charge in [0, 0.05) is 11.8 Å². The Labute approximate surface area is 104 Å². The van der Waals surface area contributed by atoms with Gasteiger partial charge in [0.25, 0.3) is 0 Å². The van der Waals surface area contributed by atoms with Crippen molar-refractivity contribution in [1.82, 2.24) is 4.98 Å². The van der Waals surface area contributed by atoms with Crippen LogP contribution in [0.15, 0.2) is 54.7 Å². The lowest BCUT2D eigenvalue weighted by molar-refractivity contribution is 0.275. The Balaban J connectivity index is 0.000000280. The molecule has 0 atom stereocenters. The highest BCUT2D eigenvalue weighted by Gasteiger charge is 1.93. The fourth-order valence-electron chi connectivity index (χ4n) is 1.14. The number of halogens is 2. The van der Waals surface area contributed by atoms with Crippen molar-refractivity contribution in [3.63, 3.8) is 0 Å². The van der Waals surface area contributed by atoms with Crippen molar-refractivity contribution >= 4 is 27.9 Å². The summed E-state index contributed by atoms with van der Waals surface area (Å²) in [6.45, 7) is 0. The van der Waals surface area contributed by atoms with Crippen molar-refractivity contribution in [2.45, 2.75) is 0 Å². The van der Waals surface area contributed by atoms with Crippen LogP contribution in [0.3, 0.4) is 0 Å². The predicted octanol–water partition coefficient (Wildman–Crippen LogP) is 4.33. The molecule has 16 heavy (non-hydrogen) atoms. The molecule has 2 aromatic rings. The monoisotopic (exact) mass is 253 g/mol. The van der Waals surface area contributed by atoms with E-state index in [9.17, 15) is 0 Å². The summed E-state index contributed by atoms with van der Waals surface area (Å²) in [5.41, 5.74) is 2.19. The molecule has 82 valence electrons. The van der Waals surface area contributed by atoms with Gasteiger partial charge in [-0.25, -0.2) is 0 Å². The Bertz CT molecular complexity index is 390. The third-order valence-electron chi connectivity index (χ3n) is 1.73. The number of aromatic nitrogens is 1. The SMILES string of the molecule is O=C(Cl)Cl.c1ccc(-c2ccccn2)cc1. The molecule has 4 heteroatoms. The van der Waals surface area contributed by atoms with Gasteiger partial charge in [0.1, 0.15) is 0 Å². The normalized spacial score (nSPS) is 8.88. The summed E-state index contributed by atoms with van der Waals surface area (Å²) in [4.78, 5) is 13.2. The van der Waals surface area contributed by atoms with Crippen LogP contribution in [0.5, 0.6) is 0 Å². The molecule has 0 aliphatic carbocycles. The maximum absolute atomic E-state index is 8.98. The van der Waals surface area contributed by atoms with Gasteiger partial charge in [-0.05, 0) is 35.3 Å². The third kappa shape index (κ3) is 4.91. The zero-order chi connectivity index (χ0) is 11.8. The molecule has 0 unspecified atom stereocenters. The zero-order valence-electron chi connectivity index (χ0n) is 8.31. The molecule has 1 heterocycles. The van der Waals surface area contributed by atoms with Crippen molar-refractivity contribution in [3.8, 4) is 11.3 Å². The van der Waals surface area contributed by atoms with Crippen LogP contribution in [-0.2, 0) is 0 Å². The quantitative estimate of drug-likeness (QED) is 0.709. The molecule has 2 rings (SSSR count). The highest BCUT2D eigenvalue weighted by Crippen LogP contribution is 2.14. The summed E-state index contributed by atoms with van der Waals surface area (Å²) < 4.78 is -0.889. The van der Waals surface area contributed by atoms with Crippen LogP contribution < -0.4 is 0 Å². The van der Waals surface area contributed by atoms with Crippen LogP contribution in [0.25, 0.3) is 11.3 Å². The zero-order valence-corrected chi connectivity index (χ0v) is 9.82. The van der Waals surface area contributed by atoms with Gasteiger partial charge in [-0.1, -0.05) is 36.4 Å². The number of rotatable bonds is 1. The van der Waals surface area contributed by atoms with E-state index in [1.54, 1.807) is 0 Å². The fraction of sp³-hybridized carbons (Fsp3) is 0. The third-order valence-corrected chi connectivity index (χ3v) is 1.73. The fourth-order valence-corrected chi connectivity index (χ4v) is 1.14. The molecule has 0 N–H and O–H groups in total. The average molecular weight is 254 g/mol. The molecule has 1 aromatic heterocycles. The maximum Gasteiger partial charge on any atom is 0.313 e. The van der Waals surface area contributed by atoms with Gasteiger partial charge >= 0.3 is 4.70 Å². The second kappa shape index (κ2) is 6.99. The van der Waals surface area contributed by atoms with E-state index in [1.807, 2.05) is 42.6 Å². The number of carbonyl (C=O) groups is 1. The minimum atomic E-state index is -0.889. The van der Waals surface area contributed by atoms with Crippen LogP contribution in [0, 0.1) is 0 Å². The summed E-state index contributed by atoms with van der Waals surface area (Å²) in [6, 6.07) is 16.1. The smallest absolute Gasteiger partial charge is 0.262 e. The molecular weight excluding hydrogens is 245 g/mol. The molecule has 0 saturated carbocycles. The molecule has 0 aliphatic heterocycles. The number of nitrogens with zero attached hydrogens (tertiary/aromatic N) is 1. The van der Waals surface area contributed by atoms with Gasteiger partial charge in [-0.2, -0.15) is 0 Å². The highest BCUT2D eigenvalue weighted by molar-refractivity contribution is 6.93. The minimum Gasteiger partial charge on any atom is -0.262 e. The van der Waals surface area contributed by atoms with Crippen LogP contribution >= 0.6 is 23.2 Å². The van der Waals surface area contributed by atoms with Crippen molar-refractivity contribution in [2.75, 3.05) is 0 Å². The van der Waals surface area contributed by atoms with Crippen molar-refractivity contribution in [1.29, 1.82) is 0 Å². The van der Waals surface area contributed by atoms with Gasteiger partial charge in [0.2, 0.25) is 0 Å². The summed E-state index contributed by atoms with van der Waals surface area (Å²) in [6.07, 6.45) is 1.81. The summed E-state index contributed by atoms with van der Waals surface area (Å²) in [5, 5.41) is 0. The molecule has 0 bridgehead atoms. The summed E-state index contributed by atoms with van der Waals surface area (Å²) in [7, 11) is 0. The maximum atomic E-state index is 8.98. The molecule has 0 aliphatic rings. The van der Waals surface area contributed by atoms with E-state index >= 15 is 0 Å². The van der Waals surface area contributed by atoms with Gasteiger partial charge in [-0.3, -0.25) is 9.78 Å². The first-order valence-corrected chi connectivity index (χ1v) is 5.27. The molecule has 0 amide bonds. The molecule has 1 aromatic carbocycles. The second-order valence-corrected chi connectivity index (χ2v) is 3.69.